The number of benzene rings is 1. The molecule has 1 aromatic carbocycles. The number of hydrogen-bond donors (Lipinski definition) is 3. The van der Waals surface area contributed by atoms with Crippen molar-refractivity contribution in [2.75, 3.05) is 7.11 Å². The number of methoxy groups -OCH3 is 1. The van der Waals surface area contributed by atoms with Crippen LogP contribution in [0, 0.1) is 31.1 Å². The lowest BCUT2D eigenvalue weighted by Gasteiger charge is -2.50. The zero-order valence-electron chi connectivity index (χ0n) is 31.4. The van der Waals surface area contributed by atoms with Crippen LogP contribution >= 0.6 is 0 Å². The number of fused-ring (bicyclic) bond motifs is 5. The molecule has 2 fully saturated rings. The monoisotopic (exact) mass is 705 g/mol. The van der Waals surface area contributed by atoms with E-state index in [-0.39, 0.29) is 23.3 Å². The van der Waals surface area contributed by atoms with Crippen molar-refractivity contribution in [2.24, 2.45) is 22.2 Å². The van der Waals surface area contributed by atoms with Crippen LogP contribution in [0.3, 0.4) is 0 Å². The number of carbonyl (C=O) groups is 2. The molecule has 3 N–H and O–H groups in total. The molecule has 5 atom stereocenters. The van der Waals surface area contributed by atoms with Crippen LogP contribution in [-0.4, -0.2) is 45.8 Å². The predicted octanol–water partition coefficient (Wildman–Crippen LogP) is 9.81. The summed E-state index contributed by atoms with van der Waals surface area (Å²) < 4.78 is 11.8. The first kappa shape index (κ1) is 36.0. The lowest BCUT2D eigenvalue weighted by Crippen LogP contribution is -2.45. The average molecular weight is 706 g/mol. The van der Waals surface area contributed by atoms with Gasteiger partial charge in [0, 0.05) is 47.5 Å². The molecule has 8 heteroatoms. The highest BCUT2D eigenvalue weighted by Crippen LogP contribution is 2.61. The summed E-state index contributed by atoms with van der Waals surface area (Å²) in [6.07, 6.45) is 19.2. The third-order valence-electron chi connectivity index (χ3n) is 12.8. The van der Waals surface area contributed by atoms with Gasteiger partial charge in [0.05, 0.1) is 18.5 Å². The third kappa shape index (κ3) is 7.18. The molecule has 8 nitrogen and oxygen atoms in total. The molecule has 4 aliphatic rings. The number of allylic oxidation sites excluding steroid dienone is 1. The maximum Gasteiger partial charge on any atom is 0.306 e. The Hall–Kier alpha value is -4.33. The van der Waals surface area contributed by atoms with E-state index in [1.165, 1.54) is 17.5 Å². The molecule has 2 unspecified atom stereocenters. The number of nitrogens with zero attached hydrogens (tertiary/aromatic N) is 1. The molecule has 3 heterocycles. The van der Waals surface area contributed by atoms with Crippen molar-refractivity contribution in [3.05, 3.63) is 93.4 Å². The number of aryl methyl sites for hydroxylation is 2. The van der Waals surface area contributed by atoms with Crippen molar-refractivity contribution in [2.45, 2.75) is 123 Å². The van der Waals surface area contributed by atoms with Crippen LogP contribution < -0.4 is 0 Å². The van der Waals surface area contributed by atoms with E-state index in [0.29, 0.717) is 42.1 Å². The molecule has 0 saturated heterocycles. The van der Waals surface area contributed by atoms with Crippen molar-refractivity contribution in [1.82, 2.24) is 9.97 Å². The summed E-state index contributed by atoms with van der Waals surface area (Å²) in [5.41, 5.74) is 8.77. The molecule has 0 radical (unpaired) electrons. The highest BCUT2D eigenvalue weighted by Gasteiger charge is 2.56. The van der Waals surface area contributed by atoms with E-state index in [1.54, 1.807) is 7.11 Å². The number of aromatic nitrogens is 2. The second kappa shape index (κ2) is 15.3. The summed E-state index contributed by atoms with van der Waals surface area (Å²) in [6, 6.07) is 9.88. The van der Waals surface area contributed by atoms with E-state index in [0.717, 1.165) is 110 Å². The van der Waals surface area contributed by atoms with Gasteiger partial charge in [0.1, 0.15) is 23.3 Å². The summed E-state index contributed by atoms with van der Waals surface area (Å²) >= 11 is 0. The molecule has 276 valence electrons. The minimum Gasteiger partial charge on any atom is -0.508 e. The molecular weight excluding hydrogens is 651 g/mol. The van der Waals surface area contributed by atoms with Gasteiger partial charge in [0.25, 0.3) is 0 Å². The van der Waals surface area contributed by atoms with Gasteiger partial charge in [-0.3, -0.25) is 9.59 Å². The number of rotatable bonds is 14. The van der Waals surface area contributed by atoms with Gasteiger partial charge in [-0.05, 0) is 130 Å². The number of carbonyl (C=O) groups excluding carboxylic acids is 2. The van der Waals surface area contributed by atoms with E-state index in [1.807, 2.05) is 56.5 Å². The van der Waals surface area contributed by atoms with Crippen LogP contribution in [0.5, 0.6) is 5.75 Å². The fraction of sp³-hybridized carbons (Fsp3) is 0.523. The number of Topliss-reactive ketones (excluding diaryl/α,β-unsaturated/α-hetero) is 1. The van der Waals surface area contributed by atoms with E-state index >= 15 is 0 Å². The maximum atomic E-state index is 13.3. The molecule has 7 rings (SSSR count). The Kier molecular flexibility index (Phi) is 10.6. The minimum atomic E-state index is -0.0357. The number of aromatic hydroxyl groups is 1. The molecule has 0 spiro atoms. The predicted molar refractivity (Wildman–Crippen MR) is 205 cm³/mol. The Labute approximate surface area is 308 Å². The SMILES string of the molecule is COC1=CC(c2ccc[nH]2)=N/C1=C\c1[nH]c(C)c(C(=O)CCCCCCCCC(=O)O[C@H]2CC[C@H]3C4CCc5cc(O)ccc5C4CC[C@]23C)c1C. The lowest BCUT2D eigenvalue weighted by molar-refractivity contribution is -0.157. The third-order valence-corrected chi connectivity index (χ3v) is 12.8. The number of esters is 1. The van der Waals surface area contributed by atoms with E-state index in [2.05, 4.69) is 23.0 Å². The summed E-state index contributed by atoms with van der Waals surface area (Å²) in [5, 5.41) is 9.99. The van der Waals surface area contributed by atoms with Crippen LogP contribution in [-0.2, 0) is 20.7 Å². The number of hydrogen-bond acceptors (Lipinski definition) is 6. The van der Waals surface area contributed by atoms with Crippen LogP contribution in [0.1, 0.15) is 140 Å². The van der Waals surface area contributed by atoms with E-state index < -0.39 is 0 Å². The second-order valence-corrected chi connectivity index (χ2v) is 15.9. The van der Waals surface area contributed by atoms with Gasteiger partial charge >= 0.3 is 5.97 Å². The molecule has 3 aromatic rings. The van der Waals surface area contributed by atoms with Crippen molar-refractivity contribution >= 4 is 23.5 Å². The van der Waals surface area contributed by atoms with Gasteiger partial charge in [-0.2, -0.15) is 0 Å². The average Bonchev–Trinajstić information content (AvgIpc) is 3.92. The van der Waals surface area contributed by atoms with Crippen LogP contribution in [0.2, 0.25) is 0 Å². The normalized spacial score (nSPS) is 25.7. The van der Waals surface area contributed by atoms with Crippen LogP contribution in [0.15, 0.2) is 59.1 Å². The topological polar surface area (TPSA) is 117 Å². The molecule has 0 amide bonds. The van der Waals surface area contributed by atoms with Crippen molar-refractivity contribution in [3.8, 4) is 5.75 Å². The summed E-state index contributed by atoms with van der Waals surface area (Å²) in [7, 11) is 1.64. The number of aromatic amines is 2. The molecule has 2 saturated carbocycles. The zero-order chi connectivity index (χ0) is 36.4. The summed E-state index contributed by atoms with van der Waals surface area (Å²) in [6.45, 7) is 6.34. The first-order valence-corrected chi connectivity index (χ1v) is 19.6. The maximum absolute atomic E-state index is 13.3. The Morgan fingerprint density at radius 1 is 1.02 bits per heavy atom. The minimum absolute atomic E-state index is 0.0308. The number of unbranched alkanes of at least 4 members (excludes halogenated alkanes) is 5. The highest BCUT2D eigenvalue weighted by molar-refractivity contribution is 6.11. The first-order chi connectivity index (χ1) is 25.2. The molecule has 3 aliphatic carbocycles. The molecule has 1 aliphatic heterocycles. The number of ether oxygens (including phenoxy) is 2. The zero-order valence-corrected chi connectivity index (χ0v) is 31.4. The number of ketones is 1. The van der Waals surface area contributed by atoms with Crippen LogP contribution in [0.4, 0.5) is 0 Å². The Morgan fingerprint density at radius 2 is 1.81 bits per heavy atom. The summed E-state index contributed by atoms with van der Waals surface area (Å²) in [5.74, 6) is 3.01. The van der Waals surface area contributed by atoms with Crippen molar-refractivity contribution in [1.29, 1.82) is 0 Å². The highest BCUT2D eigenvalue weighted by atomic mass is 16.5. The smallest absolute Gasteiger partial charge is 0.306 e. The van der Waals surface area contributed by atoms with E-state index in [4.69, 9.17) is 14.5 Å². The number of H-pyrrole nitrogens is 2. The Balaban J connectivity index is 0.813. The number of nitrogens with one attached hydrogen (secondary N) is 2. The van der Waals surface area contributed by atoms with Gasteiger partial charge in [0.15, 0.2) is 5.78 Å². The van der Waals surface area contributed by atoms with Gasteiger partial charge < -0.3 is 24.5 Å². The Bertz CT molecular complexity index is 1880. The molecule has 2 aromatic heterocycles. The summed E-state index contributed by atoms with van der Waals surface area (Å²) in [4.78, 5) is 37.6. The fourth-order valence-electron chi connectivity index (χ4n) is 10.1. The van der Waals surface area contributed by atoms with E-state index in [9.17, 15) is 14.7 Å². The van der Waals surface area contributed by atoms with Crippen molar-refractivity contribution in [3.63, 3.8) is 0 Å². The van der Waals surface area contributed by atoms with Crippen LogP contribution in [0.25, 0.3) is 6.08 Å². The van der Waals surface area contributed by atoms with Gasteiger partial charge in [0.2, 0.25) is 0 Å². The quantitative estimate of drug-likeness (QED) is 0.0877. The van der Waals surface area contributed by atoms with Gasteiger partial charge in [-0.15, -0.1) is 0 Å². The number of phenolic OH excluding ortho intramolecular Hbond substituents is 1. The standard InChI is InChI=1S/C44H55N3O5/c1-27-36(25-38-40(51-4)26-37(47-38)35-12-11-23-45-35)46-28(2)43(27)39(49)13-9-7-5-6-8-10-14-42(50)52-41-20-19-34-33-17-15-29-24-30(48)16-18-31(29)32(33)21-22-44(34,41)3/h11-12,16,18,23-26,32-34,41,45-46,48H,5-10,13-15,17,19-22H2,1-4H3/b38-25-/t32?,33?,34-,41-,44-/m0/s1. The van der Waals surface area contributed by atoms with Gasteiger partial charge in [-0.1, -0.05) is 38.7 Å². The molecular formula is C44H55N3O5. The lowest BCUT2D eigenvalue weighted by atomic mass is 9.55. The number of aliphatic imine (C=N–C) groups is 1. The second-order valence-electron chi connectivity index (χ2n) is 15.9. The molecule has 0 bridgehead atoms. The Morgan fingerprint density at radius 3 is 2.58 bits per heavy atom. The largest absolute Gasteiger partial charge is 0.508 e. The van der Waals surface area contributed by atoms with Gasteiger partial charge in [-0.25, -0.2) is 4.99 Å². The fourth-order valence-corrected chi connectivity index (χ4v) is 10.1. The van der Waals surface area contributed by atoms with Crippen molar-refractivity contribution < 1.29 is 24.2 Å². The first-order valence-electron chi connectivity index (χ1n) is 19.6. The molecule has 52 heavy (non-hydrogen) atoms. The number of phenols is 1.